The van der Waals surface area contributed by atoms with Crippen LogP contribution in [0, 0.1) is 0 Å². The largest absolute Gasteiger partial charge is 0.468 e. The Hall–Kier alpha value is -1.23. The number of ether oxygens (including phenoxy) is 2. The Labute approximate surface area is 70.1 Å². The van der Waals surface area contributed by atoms with Gasteiger partial charge in [-0.3, -0.25) is 4.57 Å². The van der Waals surface area contributed by atoms with Crippen LogP contribution in [0.15, 0.2) is 6.20 Å². The molecule has 2 N–H and O–H groups in total. The lowest BCUT2D eigenvalue weighted by Gasteiger charge is -2.27. The molecule has 5 heteroatoms. The molecule has 2 rings (SSSR count). The van der Waals surface area contributed by atoms with Crippen molar-refractivity contribution in [3.8, 4) is 6.01 Å². The summed E-state index contributed by atoms with van der Waals surface area (Å²) in [6.45, 7) is 1.43. The fraction of sp³-hybridized carbons (Fsp3) is 0.571. The standard InChI is InChI=1S/C7H11N3O2/c1-11-7-9-6(8)2-10(7)5-3-12-4-5/h2,5H,3-4,8H2,1H3. The van der Waals surface area contributed by atoms with Gasteiger partial charge >= 0.3 is 0 Å². The Morgan fingerprint density at radius 2 is 2.50 bits per heavy atom. The Morgan fingerprint density at radius 1 is 1.75 bits per heavy atom. The van der Waals surface area contributed by atoms with E-state index >= 15 is 0 Å². The van der Waals surface area contributed by atoms with Crippen LogP contribution in [0.2, 0.25) is 0 Å². The summed E-state index contributed by atoms with van der Waals surface area (Å²) >= 11 is 0. The zero-order chi connectivity index (χ0) is 8.55. The number of imidazole rings is 1. The molecule has 1 aromatic heterocycles. The molecule has 0 aromatic carbocycles. The van der Waals surface area contributed by atoms with Crippen LogP contribution in [0.5, 0.6) is 6.01 Å². The first-order valence-electron chi connectivity index (χ1n) is 3.77. The molecule has 0 saturated carbocycles. The third-order valence-electron chi connectivity index (χ3n) is 1.91. The van der Waals surface area contributed by atoms with Crippen LogP contribution >= 0.6 is 0 Å². The summed E-state index contributed by atoms with van der Waals surface area (Å²) in [4.78, 5) is 4.00. The van der Waals surface area contributed by atoms with Crippen molar-refractivity contribution in [3.05, 3.63) is 6.20 Å². The van der Waals surface area contributed by atoms with Gasteiger partial charge in [-0.25, -0.2) is 0 Å². The first kappa shape index (κ1) is 7.42. The number of methoxy groups -OCH3 is 1. The van der Waals surface area contributed by atoms with E-state index < -0.39 is 0 Å². The van der Waals surface area contributed by atoms with Crippen molar-refractivity contribution in [3.63, 3.8) is 0 Å². The second-order valence-electron chi connectivity index (χ2n) is 2.75. The molecule has 66 valence electrons. The molecule has 0 amide bonds. The van der Waals surface area contributed by atoms with Crippen LogP contribution < -0.4 is 10.5 Å². The summed E-state index contributed by atoms with van der Waals surface area (Å²) in [5.41, 5.74) is 5.52. The molecule has 12 heavy (non-hydrogen) atoms. The third-order valence-corrected chi connectivity index (χ3v) is 1.91. The molecule has 0 bridgehead atoms. The Morgan fingerprint density at radius 3 is 3.00 bits per heavy atom. The van der Waals surface area contributed by atoms with Crippen molar-refractivity contribution in [2.75, 3.05) is 26.1 Å². The predicted octanol–water partition coefficient (Wildman–Crippen LogP) is 0.0452. The van der Waals surface area contributed by atoms with Gasteiger partial charge in [0.25, 0.3) is 6.01 Å². The number of nitrogen functional groups attached to an aromatic ring is 1. The molecular formula is C7H11N3O2. The number of hydrogen-bond donors (Lipinski definition) is 1. The van der Waals surface area contributed by atoms with Gasteiger partial charge in [-0.2, -0.15) is 4.98 Å². The third kappa shape index (κ3) is 1.02. The minimum absolute atomic E-state index is 0.338. The molecule has 5 nitrogen and oxygen atoms in total. The number of aromatic nitrogens is 2. The lowest BCUT2D eigenvalue weighted by molar-refractivity contribution is -0.0260. The molecule has 2 heterocycles. The minimum atomic E-state index is 0.338. The summed E-state index contributed by atoms with van der Waals surface area (Å²) < 4.78 is 12.0. The van der Waals surface area contributed by atoms with Gasteiger partial charge in [0, 0.05) is 0 Å². The normalized spacial score (nSPS) is 17.4. The molecule has 1 fully saturated rings. The van der Waals surface area contributed by atoms with Crippen LogP contribution in [0.1, 0.15) is 6.04 Å². The number of nitrogens with two attached hydrogens (primary N) is 1. The van der Waals surface area contributed by atoms with E-state index in [1.165, 1.54) is 0 Å². The maximum Gasteiger partial charge on any atom is 0.298 e. The van der Waals surface area contributed by atoms with E-state index in [9.17, 15) is 0 Å². The molecule has 1 aliphatic rings. The van der Waals surface area contributed by atoms with Gasteiger partial charge < -0.3 is 15.2 Å². The van der Waals surface area contributed by atoms with E-state index in [-0.39, 0.29) is 0 Å². The monoisotopic (exact) mass is 169 g/mol. The SMILES string of the molecule is COc1nc(N)cn1C1COC1. The van der Waals surface area contributed by atoms with Crippen molar-refractivity contribution in [2.24, 2.45) is 0 Å². The lowest BCUT2D eigenvalue weighted by atomic mass is 10.2. The highest BCUT2D eigenvalue weighted by molar-refractivity contribution is 5.29. The topological polar surface area (TPSA) is 62.3 Å². The van der Waals surface area contributed by atoms with Crippen molar-refractivity contribution in [1.82, 2.24) is 9.55 Å². The lowest BCUT2D eigenvalue weighted by Crippen LogP contribution is -2.30. The van der Waals surface area contributed by atoms with Crippen LogP contribution in [0.4, 0.5) is 5.82 Å². The molecule has 1 aliphatic heterocycles. The van der Waals surface area contributed by atoms with E-state index in [4.69, 9.17) is 15.2 Å². The van der Waals surface area contributed by atoms with Gasteiger partial charge in [-0.15, -0.1) is 0 Å². The molecule has 0 aliphatic carbocycles. The van der Waals surface area contributed by atoms with Crippen LogP contribution in [0.25, 0.3) is 0 Å². The Kier molecular flexibility index (Phi) is 1.65. The second kappa shape index (κ2) is 2.67. The molecule has 0 atom stereocenters. The molecule has 0 unspecified atom stereocenters. The fourth-order valence-corrected chi connectivity index (χ4v) is 1.19. The average Bonchev–Trinajstić information content (AvgIpc) is 2.27. The van der Waals surface area contributed by atoms with Crippen LogP contribution in [-0.4, -0.2) is 29.9 Å². The van der Waals surface area contributed by atoms with Crippen LogP contribution in [0.3, 0.4) is 0 Å². The minimum Gasteiger partial charge on any atom is -0.468 e. The fourth-order valence-electron chi connectivity index (χ4n) is 1.19. The summed E-state index contributed by atoms with van der Waals surface area (Å²) in [6.07, 6.45) is 1.77. The molecule has 0 radical (unpaired) electrons. The quantitative estimate of drug-likeness (QED) is 0.679. The number of rotatable bonds is 2. The Bertz CT molecular complexity index is 280. The number of nitrogens with zero attached hydrogens (tertiary/aromatic N) is 2. The van der Waals surface area contributed by atoms with Crippen molar-refractivity contribution < 1.29 is 9.47 Å². The predicted molar refractivity (Wildman–Crippen MR) is 43.0 cm³/mol. The zero-order valence-electron chi connectivity index (χ0n) is 6.86. The average molecular weight is 169 g/mol. The van der Waals surface area contributed by atoms with Crippen molar-refractivity contribution >= 4 is 5.82 Å². The zero-order valence-corrected chi connectivity index (χ0v) is 6.86. The summed E-state index contributed by atoms with van der Waals surface area (Å²) in [7, 11) is 1.58. The molecular weight excluding hydrogens is 158 g/mol. The highest BCUT2D eigenvalue weighted by atomic mass is 16.5. The van der Waals surface area contributed by atoms with Crippen LogP contribution in [-0.2, 0) is 4.74 Å². The van der Waals surface area contributed by atoms with Gasteiger partial charge in [-0.1, -0.05) is 0 Å². The van der Waals surface area contributed by atoms with E-state index in [2.05, 4.69) is 4.98 Å². The first-order valence-corrected chi connectivity index (χ1v) is 3.77. The van der Waals surface area contributed by atoms with Gasteiger partial charge in [0.05, 0.1) is 32.6 Å². The Balaban J connectivity index is 2.27. The summed E-state index contributed by atoms with van der Waals surface area (Å²) in [6, 6.07) is 0.894. The van der Waals surface area contributed by atoms with Crippen molar-refractivity contribution in [2.45, 2.75) is 6.04 Å². The van der Waals surface area contributed by atoms with E-state index in [0.717, 1.165) is 0 Å². The molecule has 0 spiro atoms. The highest BCUT2D eigenvalue weighted by Gasteiger charge is 2.23. The number of anilines is 1. The molecule has 1 saturated heterocycles. The van der Waals surface area contributed by atoms with E-state index in [0.29, 0.717) is 31.1 Å². The van der Waals surface area contributed by atoms with Gasteiger partial charge in [0.15, 0.2) is 0 Å². The van der Waals surface area contributed by atoms with Gasteiger partial charge in [0.1, 0.15) is 5.82 Å². The van der Waals surface area contributed by atoms with Gasteiger partial charge in [0.2, 0.25) is 0 Å². The first-order chi connectivity index (χ1) is 5.81. The summed E-state index contributed by atoms with van der Waals surface area (Å²) in [5, 5.41) is 0. The van der Waals surface area contributed by atoms with Gasteiger partial charge in [-0.05, 0) is 0 Å². The smallest absolute Gasteiger partial charge is 0.298 e. The second-order valence-corrected chi connectivity index (χ2v) is 2.75. The maximum absolute atomic E-state index is 5.52. The molecule has 1 aromatic rings. The number of hydrogen-bond acceptors (Lipinski definition) is 4. The van der Waals surface area contributed by atoms with E-state index in [1.807, 2.05) is 4.57 Å². The highest BCUT2D eigenvalue weighted by Crippen LogP contribution is 2.24. The van der Waals surface area contributed by atoms with Crippen molar-refractivity contribution in [1.29, 1.82) is 0 Å². The maximum atomic E-state index is 5.52. The summed E-state index contributed by atoms with van der Waals surface area (Å²) in [5.74, 6) is 0.485. The van der Waals surface area contributed by atoms with E-state index in [1.54, 1.807) is 13.3 Å².